The van der Waals surface area contributed by atoms with Crippen LogP contribution in [0, 0.1) is 5.41 Å². The highest BCUT2D eigenvalue weighted by atomic mass is 35.5. The maximum absolute atomic E-state index is 10.9. The Kier molecular flexibility index (Phi) is 7.33. The second-order valence-corrected chi connectivity index (χ2v) is 6.73. The highest BCUT2D eigenvalue weighted by Gasteiger charge is 2.73. The monoisotopic (exact) mass is 346 g/mol. The minimum Gasteiger partial charge on any atom is -0.353 e. The maximum Gasteiger partial charge on any atom is 0.154 e. The molecule has 2 rings (SSSR count). The molecule has 1 fully saturated rings. The van der Waals surface area contributed by atoms with E-state index < -0.39 is 9.75 Å². The summed E-state index contributed by atoms with van der Waals surface area (Å²) in [5, 5.41) is 0. The van der Waals surface area contributed by atoms with Crippen molar-refractivity contribution in [3.63, 3.8) is 0 Å². The van der Waals surface area contributed by atoms with E-state index in [4.69, 9.17) is 32.7 Å². The number of aldehydes is 1. The Morgan fingerprint density at radius 2 is 1.68 bits per heavy atom. The lowest BCUT2D eigenvalue weighted by molar-refractivity contribution is -0.123. The summed E-state index contributed by atoms with van der Waals surface area (Å²) in [5.74, 6) is -0.0861. The highest BCUT2D eigenvalue weighted by Crippen LogP contribution is 2.72. The second-order valence-electron chi connectivity index (χ2n) is 5.35. The van der Waals surface area contributed by atoms with Crippen molar-refractivity contribution in [3.05, 3.63) is 35.9 Å². The zero-order valence-corrected chi connectivity index (χ0v) is 15.0. The fourth-order valence-corrected chi connectivity index (χ4v) is 3.32. The minimum absolute atomic E-state index is 0.0370. The van der Waals surface area contributed by atoms with Crippen molar-refractivity contribution in [2.45, 2.75) is 44.2 Å². The first-order chi connectivity index (χ1) is 10.3. The third-order valence-electron chi connectivity index (χ3n) is 3.78. The van der Waals surface area contributed by atoms with Crippen LogP contribution in [0.25, 0.3) is 0 Å². The molecule has 1 aliphatic rings. The summed E-state index contributed by atoms with van der Waals surface area (Å²) in [6, 6.07) is 9.65. The summed E-state index contributed by atoms with van der Waals surface area (Å²) < 4.78 is 9.17. The van der Waals surface area contributed by atoms with Crippen LogP contribution in [-0.2, 0) is 14.3 Å². The standard InChI is InChI=1S/C11H10Cl2O.C6H14O2/c1-10(7-14)9(11(10,12)13)8-5-3-2-4-6-8;1-4-7-6(3)8-5-2/h2-7,9H,1H3;6H,4-5H2,1-3H3. The SMILES string of the molecule is CC1(C=O)C(c2ccccc2)C1(Cl)Cl.CCOC(C)OCC. The predicted molar refractivity (Wildman–Crippen MR) is 90.5 cm³/mol. The van der Waals surface area contributed by atoms with Crippen molar-refractivity contribution >= 4 is 29.5 Å². The van der Waals surface area contributed by atoms with Crippen molar-refractivity contribution in [2.24, 2.45) is 5.41 Å². The summed E-state index contributed by atoms with van der Waals surface area (Å²) in [6.07, 6.45) is 0.815. The van der Waals surface area contributed by atoms with E-state index in [0.717, 1.165) is 25.1 Å². The fraction of sp³-hybridized carbons (Fsp3) is 0.588. The van der Waals surface area contributed by atoms with Gasteiger partial charge in [0.25, 0.3) is 0 Å². The molecule has 1 aromatic carbocycles. The molecule has 0 spiro atoms. The number of ether oxygens (including phenoxy) is 2. The first kappa shape index (κ1) is 19.4. The molecule has 0 aliphatic heterocycles. The number of benzene rings is 1. The molecule has 5 heteroatoms. The quantitative estimate of drug-likeness (QED) is 0.430. The molecule has 0 N–H and O–H groups in total. The molecule has 1 saturated carbocycles. The molecule has 0 amide bonds. The molecule has 1 aromatic rings. The van der Waals surface area contributed by atoms with Crippen molar-refractivity contribution in [2.75, 3.05) is 13.2 Å². The number of hydrogen-bond acceptors (Lipinski definition) is 3. The van der Waals surface area contributed by atoms with E-state index in [1.54, 1.807) is 6.92 Å². The van der Waals surface area contributed by atoms with Gasteiger partial charge >= 0.3 is 0 Å². The number of alkyl halides is 2. The Hall–Kier alpha value is -0.610. The number of carbonyl (C=O) groups excluding carboxylic acids is 1. The van der Waals surface area contributed by atoms with Gasteiger partial charge in [0, 0.05) is 19.1 Å². The summed E-state index contributed by atoms with van der Waals surface area (Å²) in [6.45, 7) is 9.04. The lowest BCUT2D eigenvalue weighted by atomic mass is 10.0. The molecule has 124 valence electrons. The molecule has 1 aliphatic carbocycles. The molecule has 2 atom stereocenters. The molecule has 0 radical (unpaired) electrons. The lowest BCUT2D eigenvalue weighted by Gasteiger charge is -2.09. The van der Waals surface area contributed by atoms with E-state index >= 15 is 0 Å². The third-order valence-corrected chi connectivity index (χ3v) is 5.03. The van der Waals surface area contributed by atoms with Gasteiger partial charge in [0.1, 0.15) is 10.6 Å². The first-order valence-corrected chi connectivity index (χ1v) is 8.23. The summed E-state index contributed by atoms with van der Waals surface area (Å²) in [4.78, 5) is 10.9. The van der Waals surface area contributed by atoms with Crippen LogP contribution < -0.4 is 0 Å². The van der Waals surface area contributed by atoms with E-state index in [1.807, 2.05) is 51.1 Å². The van der Waals surface area contributed by atoms with Crippen LogP contribution in [0.15, 0.2) is 30.3 Å². The number of rotatable bonds is 6. The van der Waals surface area contributed by atoms with Crippen LogP contribution in [0.4, 0.5) is 0 Å². The molecule has 0 bridgehead atoms. The van der Waals surface area contributed by atoms with Crippen molar-refractivity contribution < 1.29 is 14.3 Å². The van der Waals surface area contributed by atoms with Gasteiger partial charge in [-0.2, -0.15) is 0 Å². The first-order valence-electron chi connectivity index (χ1n) is 7.47. The van der Waals surface area contributed by atoms with Crippen LogP contribution in [0.3, 0.4) is 0 Å². The highest BCUT2D eigenvalue weighted by molar-refractivity contribution is 6.53. The third kappa shape index (κ3) is 4.23. The molecule has 0 heterocycles. The molecular weight excluding hydrogens is 323 g/mol. The van der Waals surface area contributed by atoms with Crippen LogP contribution in [0.1, 0.15) is 39.2 Å². The van der Waals surface area contributed by atoms with Crippen LogP contribution >= 0.6 is 23.2 Å². The summed E-state index contributed by atoms with van der Waals surface area (Å²) in [5.41, 5.74) is 0.379. The van der Waals surface area contributed by atoms with Crippen molar-refractivity contribution in [1.29, 1.82) is 0 Å². The average molecular weight is 347 g/mol. The van der Waals surface area contributed by atoms with Crippen LogP contribution in [0.5, 0.6) is 0 Å². The molecule has 3 nitrogen and oxygen atoms in total. The Morgan fingerprint density at radius 1 is 1.18 bits per heavy atom. The molecule has 0 aromatic heterocycles. The Labute approximate surface area is 142 Å². The summed E-state index contributed by atoms with van der Waals surface area (Å²) >= 11 is 12.2. The van der Waals surface area contributed by atoms with Gasteiger partial charge in [0.05, 0.1) is 5.41 Å². The van der Waals surface area contributed by atoms with Gasteiger partial charge < -0.3 is 14.3 Å². The fourth-order valence-electron chi connectivity index (χ4n) is 2.42. The molecule has 2 unspecified atom stereocenters. The predicted octanol–water partition coefficient (Wildman–Crippen LogP) is 4.57. The zero-order valence-electron chi connectivity index (χ0n) is 13.5. The van der Waals surface area contributed by atoms with E-state index in [1.165, 1.54) is 0 Å². The van der Waals surface area contributed by atoms with Crippen molar-refractivity contribution in [1.82, 2.24) is 0 Å². The van der Waals surface area contributed by atoms with E-state index in [0.29, 0.717) is 0 Å². The molecular formula is C17H24Cl2O3. The van der Waals surface area contributed by atoms with E-state index in [9.17, 15) is 4.79 Å². The Morgan fingerprint density at radius 3 is 2.05 bits per heavy atom. The van der Waals surface area contributed by atoms with E-state index in [-0.39, 0.29) is 12.2 Å². The Balaban J connectivity index is 0.000000261. The van der Waals surface area contributed by atoms with Gasteiger partial charge in [-0.15, -0.1) is 0 Å². The topological polar surface area (TPSA) is 35.5 Å². The molecule has 22 heavy (non-hydrogen) atoms. The normalized spacial score (nSPS) is 25.3. The summed E-state index contributed by atoms with van der Waals surface area (Å²) in [7, 11) is 0. The van der Waals surface area contributed by atoms with Gasteiger partial charge in [0.15, 0.2) is 6.29 Å². The van der Waals surface area contributed by atoms with Gasteiger partial charge in [-0.05, 0) is 33.3 Å². The Bertz CT molecular complexity index is 458. The minimum atomic E-state index is -0.948. The number of halogens is 2. The number of hydrogen-bond donors (Lipinski definition) is 0. The molecule has 0 saturated heterocycles. The number of carbonyl (C=O) groups is 1. The maximum atomic E-state index is 10.9. The lowest BCUT2D eigenvalue weighted by Crippen LogP contribution is -2.11. The second kappa shape index (κ2) is 8.30. The van der Waals surface area contributed by atoms with Crippen LogP contribution in [-0.4, -0.2) is 30.1 Å². The van der Waals surface area contributed by atoms with E-state index in [2.05, 4.69) is 0 Å². The van der Waals surface area contributed by atoms with Gasteiger partial charge in [-0.25, -0.2) is 0 Å². The largest absolute Gasteiger partial charge is 0.353 e. The van der Waals surface area contributed by atoms with Gasteiger partial charge in [-0.3, -0.25) is 0 Å². The average Bonchev–Trinajstić information content (AvgIpc) is 2.95. The smallest absolute Gasteiger partial charge is 0.154 e. The zero-order chi connectivity index (χ0) is 16.8. The van der Waals surface area contributed by atoms with Gasteiger partial charge in [0.2, 0.25) is 0 Å². The van der Waals surface area contributed by atoms with Crippen LogP contribution in [0.2, 0.25) is 0 Å². The van der Waals surface area contributed by atoms with Crippen molar-refractivity contribution in [3.8, 4) is 0 Å². The van der Waals surface area contributed by atoms with Gasteiger partial charge in [-0.1, -0.05) is 53.5 Å².